The highest BCUT2D eigenvalue weighted by Gasteiger charge is 2.45. The minimum absolute atomic E-state index is 0.0258. The summed E-state index contributed by atoms with van der Waals surface area (Å²) in [5.41, 5.74) is 2.27. The number of nitrogens with zero attached hydrogens (tertiary/aromatic N) is 3. The summed E-state index contributed by atoms with van der Waals surface area (Å²) >= 11 is 5.54. The van der Waals surface area contributed by atoms with Gasteiger partial charge in [0.05, 0.1) is 22.8 Å². The number of ether oxygens (including phenoxy) is 1. The molecule has 0 aliphatic carbocycles. The van der Waals surface area contributed by atoms with Crippen LogP contribution in [-0.4, -0.2) is 33.5 Å². The molecule has 0 radical (unpaired) electrons. The van der Waals surface area contributed by atoms with Crippen LogP contribution in [0.1, 0.15) is 43.6 Å². The SMILES string of the molecule is CCOc1ccc([C@@H]2[C@H](c3ccccn3)N=C3SC[C@@H](CC)N32)cc1Br. The van der Waals surface area contributed by atoms with E-state index in [0.717, 1.165) is 33.3 Å². The van der Waals surface area contributed by atoms with E-state index >= 15 is 0 Å². The van der Waals surface area contributed by atoms with Crippen molar-refractivity contribution in [2.75, 3.05) is 12.4 Å². The second kappa shape index (κ2) is 7.61. The van der Waals surface area contributed by atoms with Crippen molar-refractivity contribution in [3.63, 3.8) is 0 Å². The van der Waals surface area contributed by atoms with E-state index in [2.05, 4.69) is 57.0 Å². The molecule has 0 saturated carbocycles. The van der Waals surface area contributed by atoms with Gasteiger partial charge in [-0.3, -0.25) is 9.98 Å². The summed E-state index contributed by atoms with van der Waals surface area (Å²) in [4.78, 5) is 12.2. The minimum Gasteiger partial charge on any atom is -0.493 e. The maximum absolute atomic E-state index is 5.69. The molecule has 2 aliphatic rings. The fourth-order valence-corrected chi connectivity index (χ4v) is 5.53. The first-order chi connectivity index (χ1) is 12.7. The van der Waals surface area contributed by atoms with Gasteiger partial charge in [-0.15, -0.1) is 0 Å². The summed E-state index contributed by atoms with van der Waals surface area (Å²) in [5, 5.41) is 1.16. The lowest BCUT2D eigenvalue weighted by Crippen LogP contribution is -2.35. The van der Waals surface area contributed by atoms with Gasteiger partial charge in [0.1, 0.15) is 11.8 Å². The number of hydrogen-bond donors (Lipinski definition) is 0. The lowest BCUT2D eigenvalue weighted by Gasteiger charge is -2.32. The Kier molecular flexibility index (Phi) is 5.23. The van der Waals surface area contributed by atoms with Crippen LogP contribution in [0.25, 0.3) is 0 Å². The lowest BCUT2D eigenvalue weighted by molar-refractivity contribution is 0.255. The Balaban J connectivity index is 1.76. The molecule has 2 aliphatic heterocycles. The number of pyridine rings is 1. The van der Waals surface area contributed by atoms with Gasteiger partial charge >= 0.3 is 0 Å². The van der Waals surface area contributed by atoms with E-state index in [9.17, 15) is 0 Å². The monoisotopic (exact) mass is 431 g/mol. The number of thioether (sulfide) groups is 1. The third-order valence-electron chi connectivity index (χ3n) is 4.93. The fourth-order valence-electron chi connectivity index (χ4n) is 3.68. The maximum atomic E-state index is 5.69. The van der Waals surface area contributed by atoms with Crippen molar-refractivity contribution in [3.8, 4) is 5.75 Å². The predicted molar refractivity (Wildman–Crippen MR) is 111 cm³/mol. The van der Waals surface area contributed by atoms with Crippen molar-refractivity contribution in [3.05, 3.63) is 58.3 Å². The number of aliphatic imine (C=N–C) groups is 1. The molecule has 3 heterocycles. The number of aromatic nitrogens is 1. The molecule has 2 aromatic rings. The van der Waals surface area contributed by atoms with Crippen LogP contribution in [-0.2, 0) is 0 Å². The zero-order valence-electron chi connectivity index (χ0n) is 14.9. The van der Waals surface area contributed by atoms with E-state index in [1.807, 2.05) is 37.0 Å². The summed E-state index contributed by atoms with van der Waals surface area (Å²) in [6.45, 7) is 4.92. The quantitative estimate of drug-likeness (QED) is 0.649. The van der Waals surface area contributed by atoms with Gasteiger partial charge in [-0.25, -0.2) is 0 Å². The van der Waals surface area contributed by atoms with Gasteiger partial charge in [-0.1, -0.05) is 30.8 Å². The second-order valence-corrected chi connectivity index (χ2v) is 8.30. The van der Waals surface area contributed by atoms with E-state index < -0.39 is 0 Å². The fraction of sp³-hybridized carbons (Fsp3) is 0.400. The van der Waals surface area contributed by atoms with Gasteiger partial charge in [-0.2, -0.15) is 0 Å². The summed E-state index contributed by atoms with van der Waals surface area (Å²) in [5.74, 6) is 1.99. The van der Waals surface area contributed by atoms with Crippen LogP contribution in [0.15, 0.2) is 52.1 Å². The van der Waals surface area contributed by atoms with Gasteiger partial charge in [0.2, 0.25) is 0 Å². The molecule has 6 heteroatoms. The van der Waals surface area contributed by atoms with Crippen molar-refractivity contribution >= 4 is 32.9 Å². The van der Waals surface area contributed by atoms with E-state index in [1.54, 1.807) is 0 Å². The number of hydrogen-bond acceptors (Lipinski definition) is 5. The highest BCUT2D eigenvalue weighted by atomic mass is 79.9. The highest BCUT2D eigenvalue weighted by Crippen LogP contribution is 2.49. The molecule has 3 atom stereocenters. The predicted octanol–water partition coefficient (Wildman–Crippen LogP) is 5.22. The zero-order valence-corrected chi connectivity index (χ0v) is 17.3. The molecule has 0 amide bonds. The van der Waals surface area contributed by atoms with Gasteiger partial charge in [0.25, 0.3) is 0 Å². The molecule has 1 aromatic carbocycles. The van der Waals surface area contributed by atoms with Gasteiger partial charge in [0, 0.05) is 18.0 Å². The van der Waals surface area contributed by atoms with Crippen LogP contribution in [0.4, 0.5) is 0 Å². The number of halogens is 1. The average Bonchev–Trinajstić information content (AvgIpc) is 3.23. The Morgan fingerprint density at radius 3 is 2.85 bits per heavy atom. The Hall–Kier alpha value is -1.53. The molecule has 0 bridgehead atoms. The Bertz CT molecular complexity index is 814. The second-order valence-electron chi connectivity index (χ2n) is 6.46. The molecule has 0 spiro atoms. The van der Waals surface area contributed by atoms with Crippen molar-refractivity contribution in [1.82, 2.24) is 9.88 Å². The molecule has 4 rings (SSSR count). The molecule has 26 heavy (non-hydrogen) atoms. The van der Waals surface area contributed by atoms with Gasteiger partial charge < -0.3 is 9.64 Å². The molecule has 1 aromatic heterocycles. The lowest BCUT2D eigenvalue weighted by atomic mass is 9.95. The van der Waals surface area contributed by atoms with Crippen LogP contribution in [0, 0.1) is 0 Å². The van der Waals surface area contributed by atoms with Gasteiger partial charge in [0.15, 0.2) is 5.17 Å². The summed E-state index contributed by atoms with van der Waals surface area (Å²) in [6, 6.07) is 13.2. The van der Waals surface area contributed by atoms with Crippen molar-refractivity contribution in [2.24, 2.45) is 4.99 Å². The third kappa shape index (κ3) is 3.14. The topological polar surface area (TPSA) is 37.7 Å². The molecule has 1 fully saturated rings. The van der Waals surface area contributed by atoms with E-state index in [4.69, 9.17) is 9.73 Å². The minimum atomic E-state index is 0.0258. The standard InChI is InChI=1S/C20H22BrN3OS/c1-3-14-12-26-20-23-18(16-7-5-6-10-22-16)19(24(14)20)13-8-9-17(25-4-2)15(21)11-13/h5-11,14,18-19H,3-4,12H2,1-2H3/t14-,18+,19-/m1/s1. The van der Waals surface area contributed by atoms with Crippen LogP contribution in [0.2, 0.25) is 0 Å². The molecule has 1 saturated heterocycles. The highest BCUT2D eigenvalue weighted by molar-refractivity contribution is 9.10. The number of amidine groups is 1. The number of fused-ring (bicyclic) bond motifs is 1. The van der Waals surface area contributed by atoms with Crippen LogP contribution in [0.5, 0.6) is 5.75 Å². The number of rotatable bonds is 5. The van der Waals surface area contributed by atoms with E-state index in [0.29, 0.717) is 12.6 Å². The zero-order chi connectivity index (χ0) is 18.1. The van der Waals surface area contributed by atoms with E-state index in [-0.39, 0.29) is 12.1 Å². The Morgan fingerprint density at radius 1 is 1.27 bits per heavy atom. The molecule has 4 nitrogen and oxygen atoms in total. The van der Waals surface area contributed by atoms with Crippen LogP contribution in [0.3, 0.4) is 0 Å². The molecule has 0 unspecified atom stereocenters. The maximum Gasteiger partial charge on any atom is 0.160 e. The first kappa shape index (κ1) is 17.9. The van der Waals surface area contributed by atoms with Crippen LogP contribution < -0.4 is 4.74 Å². The average molecular weight is 432 g/mol. The molecule has 0 N–H and O–H groups in total. The normalized spacial score (nSPS) is 24.5. The largest absolute Gasteiger partial charge is 0.493 e. The summed E-state index contributed by atoms with van der Waals surface area (Å²) in [6.07, 6.45) is 2.98. The Labute approximate surface area is 167 Å². The molecular formula is C20H22BrN3OS. The van der Waals surface area contributed by atoms with Crippen LogP contribution >= 0.6 is 27.7 Å². The van der Waals surface area contributed by atoms with Gasteiger partial charge in [-0.05, 0) is 59.1 Å². The Morgan fingerprint density at radius 2 is 2.15 bits per heavy atom. The smallest absolute Gasteiger partial charge is 0.160 e. The summed E-state index contributed by atoms with van der Waals surface area (Å²) < 4.78 is 6.68. The first-order valence-electron chi connectivity index (χ1n) is 9.05. The van der Waals surface area contributed by atoms with Crippen molar-refractivity contribution in [2.45, 2.75) is 38.4 Å². The number of benzene rings is 1. The van der Waals surface area contributed by atoms with Crippen molar-refractivity contribution < 1.29 is 4.74 Å². The van der Waals surface area contributed by atoms with E-state index in [1.165, 1.54) is 5.56 Å². The van der Waals surface area contributed by atoms with Crippen molar-refractivity contribution in [1.29, 1.82) is 0 Å². The summed E-state index contributed by atoms with van der Waals surface area (Å²) in [7, 11) is 0. The molecule has 136 valence electrons. The molecular weight excluding hydrogens is 410 g/mol. The first-order valence-corrected chi connectivity index (χ1v) is 10.8. The third-order valence-corrected chi connectivity index (χ3v) is 6.67.